The summed E-state index contributed by atoms with van der Waals surface area (Å²) in [6.07, 6.45) is 1.49. The maximum atomic E-state index is 12.4. The van der Waals surface area contributed by atoms with Crippen molar-refractivity contribution in [3.05, 3.63) is 70.1 Å². The van der Waals surface area contributed by atoms with E-state index in [0.29, 0.717) is 15.8 Å². The number of benzene rings is 2. The van der Waals surface area contributed by atoms with Gasteiger partial charge in [-0.25, -0.2) is 0 Å². The van der Waals surface area contributed by atoms with Gasteiger partial charge in [0.05, 0.1) is 4.91 Å². The van der Waals surface area contributed by atoms with Crippen LogP contribution in [0.15, 0.2) is 53.4 Å². The number of thioether (sulfide) groups is 1. The molecule has 1 heterocycles. The molecule has 2 aromatic carbocycles. The Morgan fingerprint density at radius 1 is 1.18 bits per heavy atom. The van der Waals surface area contributed by atoms with Crippen LogP contribution in [-0.2, 0) is 16.2 Å². The third-order valence-corrected chi connectivity index (χ3v) is 5.49. The average molecular weight is 413 g/mol. The van der Waals surface area contributed by atoms with Crippen molar-refractivity contribution in [1.29, 1.82) is 0 Å². The summed E-state index contributed by atoms with van der Waals surface area (Å²) in [6, 6.07) is 15.6. The normalized spacial score (nSPS) is 15.3. The van der Waals surface area contributed by atoms with E-state index < -0.39 is 5.97 Å². The number of amides is 1. The first-order chi connectivity index (χ1) is 13.4. The van der Waals surface area contributed by atoms with Crippen LogP contribution in [0.4, 0.5) is 0 Å². The molecule has 1 aliphatic rings. The van der Waals surface area contributed by atoms with Crippen LogP contribution in [0.5, 0.6) is 5.75 Å². The lowest BCUT2D eigenvalue weighted by Crippen LogP contribution is -2.33. The minimum Gasteiger partial charge on any atom is -0.550 e. The molecule has 3 rings (SSSR count). The fraction of sp³-hybridized carbons (Fsp3) is 0.190. The van der Waals surface area contributed by atoms with Crippen LogP contribution in [0, 0.1) is 6.92 Å². The number of thiocarbonyl (C=S) groups is 1. The average Bonchev–Trinajstić information content (AvgIpc) is 2.93. The number of aliphatic carboxylic acids is 1. The van der Waals surface area contributed by atoms with E-state index in [1.807, 2.05) is 55.5 Å². The number of nitrogens with zero attached hydrogens (tertiary/aromatic N) is 1. The van der Waals surface area contributed by atoms with Gasteiger partial charge in [0, 0.05) is 18.9 Å². The summed E-state index contributed by atoms with van der Waals surface area (Å²) in [7, 11) is 0. The van der Waals surface area contributed by atoms with Gasteiger partial charge in [-0.05, 0) is 36.3 Å². The molecule has 1 saturated heterocycles. The molecule has 0 aromatic heterocycles. The van der Waals surface area contributed by atoms with Gasteiger partial charge in [-0.15, -0.1) is 0 Å². The zero-order valence-electron chi connectivity index (χ0n) is 15.2. The van der Waals surface area contributed by atoms with E-state index in [9.17, 15) is 14.7 Å². The third kappa shape index (κ3) is 5.21. The Morgan fingerprint density at radius 2 is 1.86 bits per heavy atom. The minimum absolute atomic E-state index is 0.0239. The van der Waals surface area contributed by atoms with E-state index in [1.165, 1.54) is 22.2 Å². The first-order valence-corrected chi connectivity index (χ1v) is 9.88. The van der Waals surface area contributed by atoms with E-state index >= 15 is 0 Å². The number of rotatable bonds is 7. The summed E-state index contributed by atoms with van der Waals surface area (Å²) < 4.78 is 6.14. The highest BCUT2D eigenvalue weighted by atomic mass is 32.2. The molecule has 1 fully saturated rings. The quantitative estimate of drug-likeness (QED) is 0.515. The predicted octanol–water partition coefficient (Wildman–Crippen LogP) is 2.92. The van der Waals surface area contributed by atoms with E-state index in [1.54, 1.807) is 6.08 Å². The summed E-state index contributed by atoms with van der Waals surface area (Å²) >= 11 is 6.33. The molecule has 0 unspecified atom stereocenters. The second kappa shape index (κ2) is 9.03. The van der Waals surface area contributed by atoms with Crippen molar-refractivity contribution in [1.82, 2.24) is 4.90 Å². The van der Waals surface area contributed by atoms with Gasteiger partial charge >= 0.3 is 0 Å². The van der Waals surface area contributed by atoms with Gasteiger partial charge in [-0.2, -0.15) is 0 Å². The summed E-state index contributed by atoms with van der Waals surface area (Å²) in [5.41, 5.74) is 3.14. The van der Waals surface area contributed by atoms with Crippen molar-refractivity contribution in [2.45, 2.75) is 20.0 Å². The van der Waals surface area contributed by atoms with Crippen LogP contribution in [0.25, 0.3) is 6.08 Å². The van der Waals surface area contributed by atoms with Gasteiger partial charge in [0.15, 0.2) is 0 Å². The molecule has 2 aromatic rings. The van der Waals surface area contributed by atoms with Crippen molar-refractivity contribution in [3.63, 3.8) is 0 Å². The molecule has 0 bridgehead atoms. The Morgan fingerprint density at radius 3 is 2.50 bits per heavy atom. The van der Waals surface area contributed by atoms with Crippen LogP contribution in [-0.4, -0.2) is 27.6 Å². The van der Waals surface area contributed by atoms with Gasteiger partial charge in [-0.3, -0.25) is 9.69 Å². The fourth-order valence-corrected chi connectivity index (χ4v) is 3.87. The highest BCUT2D eigenvalue weighted by Crippen LogP contribution is 2.32. The molecule has 0 aliphatic carbocycles. The number of hydrogen-bond donors (Lipinski definition) is 0. The zero-order valence-corrected chi connectivity index (χ0v) is 16.8. The lowest BCUT2D eigenvalue weighted by atomic mass is 10.1. The molecule has 0 N–H and O–H groups in total. The van der Waals surface area contributed by atoms with Gasteiger partial charge in [0.2, 0.25) is 0 Å². The first-order valence-electron chi connectivity index (χ1n) is 8.66. The lowest BCUT2D eigenvalue weighted by Gasteiger charge is -2.14. The van der Waals surface area contributed by atoms with Gasteiger partial charge in [0.1, 0.15) is 16.7 Å². The minimum atomic E-state index is -1.21. The van der Waals surface area contributed by atoms with Crippen molar-refractivity contribution >= 4 is 46.3 Å². The molecule has 1 amide bonds. The Hall–Kier alpha value is -2.64. The maximum Gasteiger partial charge on any atom is 0.266 e. The van der Waals surface area contributed by atoms with Crippen molar-refractivity contribution in [3.8, 4) is 5.75 Å². The third-order valence-electron chi connectivity index (χ3n) is 4.12. The number of aryl methyl sites for hydroxylation is 1. The molecule has 7 heteroatoms. The summed E-state index contributed by atoms with van der Waals surface area (Å²) in [5, 5.41) is 10.6. The molecule has 28 heavy (non-hydrogen) atoms. The Labute approximate surface area is 173 Å². The van der Waals surface area contributed by atoms with Crippen LogP contribution in [0.1, 0.15) is 23.1 Å². The number of carbonyl (C=O) groups is 2. The second-order valence-corrected chi connectivity index (χ2v) is 7.97. The van der Waals surface area contributed by atoms with Crippen LogP contribution in [0.3, 0.4) is 0 Å². The largest absolute Gasteiger partial charge is 0.550 e. The molecular weight excluding hydrogens is 394 g/mol. The van der Waals surface area contributed by atoms with E-state index in [0.717, 1.165) is 16.9 Å². The molecule has 1 aliphatic heterocycles. The summed E-state index contributed by atoms with van der Waals surface area (Å²) in [6.45, 7) is 2.55. The number of ether oxygens (including phenoxy) is 1. The number of carboxylic acids is 1. The van der Waals surface area contributed by atoms with E-state index in [-0.39, 0.29) is 18.9 Å². The predicted molar refractivity (Wildman–Crippen MR) is 111 cm³/mol. The first kappa shape index (κ1) is 20.1. The number of carboxylic acid groups (broad SMARTS) is 1. The van der Waals surface area contributed by atoms with E-state index in [4.69, 9.17) is 17.0 Å². The van der Waals surface area contributed by atoms with E-state index in [2.05, 4.69) is 0 Å². The molecular formula is C21H18NO4S2-. The van der Waals surface area contributed by atoms with Gasteiger partial charge in [0.25, 0.3) is 5.91 Å². The zero-order chi connectivity index (χ0) is 20.1. The Bertz CT molecular complexity index is 920. The van der Waals surface area contributed by atoms with Gasteiger partial charge < -0.3 is 14.6 Å². The van der Waals surface area contributed by atoms with Crippen LogP contribution >= 0.6 is 24.0 Å². The molecule has 0 radical (unpaired) electrons. The number of hydrogen-bond acceptors (Lipinski definition) is 6. The molecule has 0 saturated carbocycles. The topological polar surface area (TPSA) is 69.7 Å². The molecule has 0 atom stereocenters. The highest BCUT2D eigenvalue weighted by molar-refractivity contribution is 8.26. The summed E-state index contributed by atoms with van der Waals surface area (Å²) in [5.74, 6) is -0.755. The summed E-state index contributed by atoms with van der Waals surface area (Å²) in [4.78, 5) is 24.8. The number of carbonyl (C=O) groups excluding carboxylic acids is 2. The Balaban J connectivity index is 1.61. The van der Waals surface area contributed by atoms with Crippen molar-refractivity contribution in [2.24, 2.45) is 0 Å². The van der Waals surface area contributed by atoms with Crippen LogP contribution in [0.2, 0.25) is 0 Å². The SMILES string of the molecule is Cc1ccc(COc2ccc(/C=C3/SC(=S)N(CCC(=O)[O-])C3=O)cc2)cc1. The monoisotopic (exact) mass is 412 g/mol. The van der Waals surface area contributed by atoms with Gasteiger partial charge in [-0.1, -0.05) is 65.9 Å². The van der Waals surface area contributed by atoms with Crippen molar-refractivity contribution in [2.75, 3.05) is 6.54 Å². The standard InChI is InChI=1S/C21H19NO4S2/c1-14-2-4-16(5-3-14)13-26-17-8-6-15(7-9-17)12-18-20(25)22(21(27)28-18)11-10-19(23)24/h2-9,12H,10-11,13H2,1H3,(H,23,24)/p-1/b18-12+. The maximum absolute atomic E-state index is 12.4. The second-order valence-electron chi connectivity index (χ2n) is 6.30. The molecule has 5 nitrogen and oxygen atoms in total. The smallest absolute Gasteiger partial charge is 0.266 e. The highest BCUT2D eigenvalue weighted by Gasteiger charge is 2.31. The van der Waals surface area contributed by atoms with Crippen molar-refractivity contribution < 1.29 is 19.4 Å². The fourth-order valence-electron chi connectivity index (χ4n) is 2.56. The molecule has 144 valence electrons. The lowest BCUT2D eigenvalue weighted by molar-refractivity contribution is -0.305. The van der Waals surface area contributed by atoms with Crippen LogP contribution < -0.4 is 9.84 Å². The molecule has 0 spiro atoms. The Kier molecular flexibility index (Phi) is 6.49.